The molecule has 312 valence electrons. The van der Waals surface area contributed by atoms with Crippen LogP contribution in [0, 0.1) is 0 Å². The summed E-state index contributed by atoms with van der Waals surface area (Å²) in [6.07, 6.45) is 47.7. The van der Waals surface area contributed by atoms with Gasteiger partial charge in [-0.1, -0.05) is 125 Å². The summed E-state index contributed by atoms with van der Waals surface area (Å²) in [5, 5.41) is 9.61. The normalized spacial score (nSPS) is 13.8. The van der Waals surface area contributed by atoms with Crippen LogP contribution in [0.3, 0.4) is 0 Å². The molecule has 0 bridgehead atoms. The Morgan fingerprint density at radius 3 is 1.55 bits per heavy atom. The lowest BCUT2D eigenvalue weighted by Gasteiger charge is -2.31. The second kappa shape index (κ2) is 37.4. The molecule has 0 saturated carbocycles. The first-order valence-corrected chi connectivity index (χ1v) is 21.1. The van der Waals surface area contributed by atoms with Crippen molar-refractivity contribution in [2.75, 3.05) is 41.0 Å². The first kappa shape index (κ1) is 51.5. The van der Waals surface area contributed by atoms with Gasteiger partial charge in [-0.15, -0.1) is 0 Å². The number of unbranched alkanes of at least 4 members (excludes halogenated alkanes) is 8. The predicted octanol–water partition coefficient (Wildman–Crippen LogP) is 11.4. The molecule has 0 aliphatic rings. The molecule has 2 unspecified atom stereocenters. The Bertz CT molecular complexity index is 1170. The molecule has 1 N–H and O–H groups in total. The SMILES string of the molecule is CC/C=C/C/C=C/C/C=C/CCCCCCC(=O)OC(COCCC(C(=O)O)[N+](C)(C)C)COC(=O)CCC/C=C/C/C=C/C/C=C/C/C=C/CCCCC. The summed E-state index contributed by atoms with van der Waals surface area (Å²) >= 11 is 0. The van der Waals surface area contributed by atoms with Gasteiger partial charge >= 0.3 is 17.9 Å². The Hall–Kier alpha value is -3.49. The Balaban J connectivity index is 4.52. The van der Waals surface area contributed by atoms with E-state index in [1.54, 1.807) is 0 Å². The van der Waals surface area contributed by atoms with Crippen molar-refractivity contribution in [2.24, 2.45) is 0 Å². The molecule has 55 heavy (non-hydrogen) atoms. The van der Waals surface area contributed by atoms with E-state index in [2.05, 4.69) is 98.9 Å². The number of quaternary nitrogens is 1. The fourth-order valence-electron chi connectivity index (χ4n) is 5.51. The molecule has 0 amide bonds. The zero-order valence-corrected chi connectivity index (χ0v) is 35.3. The van der Waals surface area contributed by atoms with Crippen molar-refractivity contribution in [1.29, 1.82) is 0 Å². The van der Waals surface area contributed by atoms with Gasteiger partial charge in [0.2, 0.25) is 0 Å². The Morgan fingerprint density at radius 2 is 1.04 bits per heavy atom. The lowest BCUT2D eigenvalue weighted by molar-refractivity contribution is -0.887. The molecular weight excluding hydrogens is 691 g/mol. The number of carbonyl (C=O) groups is 3. The van der Waals surface area contributed by atoms with Gasteiger partial charge in [-0.05, 0) is 83.5 Å². The molecule has 0 aromatic rings. The lowest BCUT2D eigenvalue weighted by atomic mass is 10.1. The van der Waals surface area contributed by atoms with Gasteiger partial charge in [0.1, 0.15) is 6.61 Å². The van der Waals surface area contributed by atoms with Crippen molar-refractivity contribution in [1.82, 2.24) is 0 Å². The summed E-state index contributed by atoms with van der Waals surface area (Å²) in [7, 11) is 5.49. The molecule has 8 nitrogen and oxygen atoms in total. The van der Waals surface area contributed by atoms with Gasteiger partial charge in [0.25, 0.3) is 0 Å². The number of esters is 2. The molecule has 0 aliphatic carbocycles. The van der Waals surface area contributed by atoms with E-state index in [4.69, 9.17) is 14.2 Å². The van der Waals surface area contributed by atoms with Crippen molar-refractivity contribution in [3.63, 3.8) is 0 Å². The van der Waals surface area contributed by atoms with E-state index in [0.29, 0.717) is 12.8 Å². The fourth-order valence-corrected chi connectivity index (χ4v) is 5.51. The molecule has 0 fully saturated rings. The molecule has 2 atom stereocenters. The number of ether oxygens (including phenoxy) is 3. The fraction of sp³-hybridized carbons (Fsp3) is 0.638. The van der Waals surface area contributed by atoms with Crippen LogP contribution in [0.2, 0.25) is 0 Å². The largest absolute Gasteiger partial charge is 0.477 e. The zero-order valence-electron chi connectivity index (χ0n) is 35.3. The van der Waals surface area contributed by atoms with Gasteiger partial charge in [-0.25, -0.2) is 4.79 Å². The summed E-state index contributed by atoms with van der Waals surface area (Å²) in [5.74, 6) is -1.58. The number of hydrogen-bond acceptors (Lipinski definition) is 6. The van der Waals surface area contributed by atoms with Gasteiger partial charge in [0.15, 0.2) is 12.1 Å². The Morgan fingerprint density at radius 1 is 0.564 bits per heavy atom. The summed E-state index contributed by atoms with van der Waals surface area (Å²) in [4.78, 5) is 36.9. The summed E-state index contributed by atoms with van der Waals surface area (Å²) in [6, 6.07) is -0.631. The van der Waals surface area contributed by atoms with Gasteiger partial charge in [-0.3, -0.25) is 9.59 Å². The topological polar surface area (TPSA) is 99.1 Å². The monoisotopic (exact) mass is 769 g/mol. The third kappa shape index (κ3) is 35.9. The first-order valence-electron chi connectivity index (χ1n) is 21.1. The van der Waals surface area contributed by atoms with Crippen LogP contribution in [0.5, 0.6) is 0 Å². The van der Waals surface area contributed by atoms with Crippen LogP contribution in [0.25, 0.3) is 0 Å². The number of allylic oxidation sites excluding steroid dienone is 14. The smallest absolute Gasteiger partial charge is 0.362 e. The standard InChI is InChI=1S/C47H77NO7/c1-6-8-10-12-14-16-18-20-22-23-24-26-27-29-31-33-35-37-45(49)54-42-43(41-53-40-39-44(47(51)52)48(3,4)5)55-46(50)38-36-34-32-30-28-25-21-19-17-15-13-11-9-7-2/h9,11,14-17,20-22,24-26,29,31,43-44H,6-8,10,12-13,18-19,23,27-28,30,32-42H2,1-5H3/p+1/b11-9+,16-14+,17-15+,22-20+,25-21+,26-24+,31-29+. The molecule has 0 rings (SSSR count). The van der Waals surface area contributed by atoms with Crippen LogP contribution in [0.15, 0.2) is 85.1 Å². The number of rotatable bonds is 36. The second-order valence-corrected chi connectivity index (χ2v) is 14.9. The highest BCUT2D eigenvalue weighted by Crippen LogP contribution is 2.11. The quantitative estimate of drug-likeness (QED) is 0.0293. The van der Waals surface area contributed by atoms with E-state index < -0.39 is 18.1 Å². The van der Waals surface area contributed by atoms with Gasteiger partial charge in [-0.2, -0.15) is 0 Å². The van der Waals surface area contributed by atoms with E-state index >= 15 is 0 Å². The molecule has 0 aliphatic heterocycles. The minimum atomic E-state index is -0.890. The van der Waals surface area contributed by atoms with E-state index in [1.165, 1.54) is 25.7 Å². The van der Waals surface area contributed by atoms with Crippen molar-refractivity contribution in [2.45, 2.75) is 154 Å². The lowest BCUT2D eigenvalue weighted by Crippen LogP contribution is -2.50. The molecule has 0 radical (unpaired) electrons. The summed E-state index contributed by atoms with van der Waals surface area (Å²) in [6.45, 7) is 4.48. The first-order chi connectivity index (χ1) is 26.6. The summed E-state index contributed by atoms with van der Waals surface area (Å²) in [5.41, 5.74) is 0. The number of likely N-dealkylation sites (N-methyl/N-ethyl adjacent to an activating group) is 1. The minimum absolute atomic E-state index is 0.0295. The minimum Gasteiger partial charge on any atom is -0.477 e. The number of hydrogen-bond donors (Lipinski definition) is 1. The third-order valence-electron chi connectivity index (χ3n) is 8.78. The average molecular weight is 769 g/mol. The molecular formula is C47H78NO7+. The highest BCUT2D eigenvalue weighted by molar-refractivity contribution is 5.72. The Labute approximate surface area is 335 Å². The van der Waals surface area contributed by atoms with Crippen LogP contribution < -0.4 is 0 Å². The molecule has 0 aromatic carbocycles. The van der Waals surface area contributed by atoms with Gasteiger partial charge in [0.05, 0.1) is 34.4 Å². The van der Waals surface area contributed by atoms with E-state index in [-0.39, 0.29) is 49.1 Å². The number of carboxylic acids is 1. The van der Waals surface area contributed by atoms with Crippen LogP contribution in [-0.4, -0.2) is 80.6 Å². The van der Waals surface area contributed by atoms with Crippen molar-refractivity contribution in [3.05, 3.63) is 85.1 Å². The van der Waals surface area contributed by atoms with Crippen molar-refractivity contribution >= 4 is 17.9 Å². The molecule has 0 heterocycles. The maximum atomic E-state index is 12.7. The zero-order chi connectivity index (χ0) is 40.7. The molecule has 0 saturated heterocycles. The van der Waals surface area contributed by atoms with Crippen LogP contribution in [-0.2, 0) is 28.6 Å². The highest BCUT2D eigenvalue weighted by Gasteiger charge is 2.31. The van der Waals surface area contributed by atoms with Gasteiger partial charge < -0.3 is 23.8 Å². The highest BCUT2D eigenvalue weighted by atomic mass is 16.6. The third-order valence-corrected chi connectivity index (χ3v) is 8.78. The van der Waals surface area contributed by atoms with Crippen LogP contribution in [0.1, 0.15) is 142 Å². The van der Waals surface area contributed by atoms with Gasteiger partial charge in [0, 0.05) is 19.3 Å². The molecule has 0 aromatic heterocycles. The number of aliphatic carboxylic acids is 1. The summed E-state index contributed by atoms with van der Waals surface area (Å²) < 4.78 is 17.2. The van der Waals surface area contributed by atoms with E-state index in [0.717, 1.165) is 77.0 Å². The van der Waals surface area contributed by atoms with E-state index in [9.17, 15) is 19.5 Å². The molecule has 8 heteroatoms. The maximum absolute atomic E-state index is 12.7. The maximum Gasteiger partial charge on any atom is 0.362 e. The van der Waals surface area contributed by atoms with Crippen LogP contribution >= 0.6 is 0 Å². The average Bonchev–Trinajstić information content (AvgIpc) is 3.14. The second-order valence-electron chi connectivity index (χ2n) is 14.9. The van der Waals surface area contributed by atoms with Crippen molar-refractivity contribution < 1.29 is 38.2 Å². The van der Waals surface area contributed by atoms with Crippen molar-refractivity contribution in [3.8, 4) is 0 Å². The number of carbonyl (C=O) groups excluding carboxylic acids is 2. The predicted molar refractivity (Wildman–Crippen MR) is 229 cm³/mol. The molecule has 0 spiro atoms. The number of carboxylic acid groups (broad SMARTS) is 1. The number of nitrogens with zero attached hydrogens (tertiary/aromatic N) is 1. The van der Waals surface area contributed by atoms with E-state index in [1.807, 2.05) is 21.1 Å². The Kier molecular flexibility index (Phi) is 35.1. The van der Waals surface area contributed by atoms with Crippen LogP contribution in [0.4, 0.5) is 0 Å².